The number of unbranched alkanes of at least 4 members (excludes halogenated alkanes) is 3. The van der Waals surface area contributed by atoms with Gasteiger partial charge in [0.05, 0.1) is 6.10 Å². The van der Waals surface area contributed by atoms with Crippen molar-refractivity contribution >= 4 is 5.97 Å². The Morgan fingerprint density at radius 3 is 2.60 bits per heavy atom. The maximum atomic E-state index is 11.6. The third-order valence-corrected chi connectivity index (χ3v) is 3.32. The van der Waals surface area contributed by atoms with Crippen LogP contribution in [-0.2, 0) is 16.1 Å². The van der Waals surface area contributed by atoms with Crippen LogP contribution >= 0.6 is 0 Å². The molecule has 1 aromatic rings. The predicted octanol–water partition coefficient (Wildman–Crippen LogP) is 3.84. The van der Waals surface area contributed by atoms with Crippen molar-refractivity contribution < 1.29 is 14.6 Å². The Kier molecular flexibility index (Phi) is 8.72. The largest absolute Gasteiger partial charge is 0.461 e. The van der Waals surface area contributed by atoms with E-state index < -0.39 is 0 Å². The van der Waals surface area contributed by atoms with E-state index in [1.807, 2.05) is 30.3 Å². The molecule has 1 rings (SSSR count). The van der Waals surface area contributed by atoms with Gasteiger partial charge in [-0.1, -0.05) is 62.9 Å². The molecule has 112 valence electrons. The van der Waals surface area contributed by atoms with Crippen molar-refractivity contribution in [2.75, 3.05) is 0 Å². The van der Waals surface area contributed by atoms with Crippen LogP contribution in [0, 0.1) is 0 Å². The lowest BCUT2D eigenvalue weighted by molar-refractivity contribution is -0.145. The van der Waals surface area contributed by atoms with Crippen LogP contribution in [0.3, 0.4) is 0 Å². The van der Waals surface area contributed by atoms with Crippen LogP contribution in [0.25, 0.3) is 0 Å². The molecule has 0 aliphatic heterocycles. The van der Waals surface area contributed by atoms with Crippen molar-refractivity contribution in [2.24, 2.45) is 0 Å². The maximum Gasteiger partial charge on any atom is 0.306 e. The summed E-state index contributed by atoms with van der Waals surface area (Å²) in [5.41, 5.74) is 0.987. The summed E-state index contributed by atoms with van der Waals surface area (Å²) < 4.78 is 5.17. The smallest absolute Gasteiger partial charge is 0.306 e. The summed E-state index contributed by atoms with van der Waals surface area (Å²) in [4.78, 5) is 11.6. The monoisotopic (exact) mass is 278 g/mol. The van der Waals surface area contributed by atoms with Crippen molar-refractivity contribution in [1.82, 2.24) is 0 Å². The molecule has 1 aromatic carbocycles. The van der Waals surface area contributed by atoms with Crippen LogP contribution in [0.15, 0.2) is 30.3 Å². The molecular weight excluding hydrogens is 252 g/mol. The van der Waals surface area contributed by atoms with Crippen LogP contribution in [-0.4, -0.2) is 17.2 Å². The average molecular weight is 278 g/mol. The molecule has 1 atom stereocenters. The second-order valence-corrected chi connectivity index (χ2v) is 5.19. The summed E-state index contributed by atoms with van der Waals surface area (Å²) >= 11 is 0. The zero-order chi connectivity index (χ0) is 14.6. The van der Waals surface area contributed by atoms with Crippen LogP contribution in [0.5, 0.6) is 0 Å². The van der Waals surface area contributed by atoms with E-state index in [2.05, 4.69) is 6.92 Å². The van der Waals surface area contributed by atoms with E-state index >= 15 is 0 Å². The molecule has 0 radical (unpaired) electrons. The van der Waals surface area contributed by atoms with E-state index in [9.17, 15) is 9.90 Å². The highest BCUT2D eigenvalue weighted by Crippen LogP contribution is 2.10. The molecule has 0 saturated carbocycles. The van der Waals surface area contributed by atoms with Crippen LogP contribution in [0.1, 0.15) is 57.4 Å². The number of aliphatic hydroxyl groups is 1. The molecule has 0 heterocycles. The molecule has 0 amide bonds. The first-order valence-electron chi connectivity index (χ1n) is 7.60. The van der Waals surface area contributed by atoms with E-state index in [0.29, 0.717) is 19.4 Å². The third kappa shape index (κ3) is 7.95. The minimum Gasteiger partial charge on any atom is -0.461 e. The summed E-state index contributed by atoms with van der Waals surface area (Å²) in [5.74, 6) is -0.235. The Morgan fingerprint density at radius 1 is 1.15 bits per heavy atom. The topological polar surface area (TPSA) is 46.5 Å². The van der Waals surface area contributed by atoms with Gasteiger partial charge in [-0.3, -0.25) is 4.79 Å². The first kappa shape index (κ1) is 16.7. The number of hydrogen-bond acceptors (Lipinski definition) is 3. The normalized spacial score (nSPS) is 12.1. The van der Waals surface area contributed by atoms with Gasteiger partial charge >= 0.3 is 5.97 Å². The van der Waals surface area contributed by atoms with Gasteiger partial charge in [-0.2, -0.15) is 0 Å². The molecule has 0 fully saturated rings. The highest BCUT2D eigenvalue weighted by molar-refractivity contribution is 5.69. The molecule has 3 nitrogen and oxygen atoms in total. The summed E-state index contributed by atoms with van der Waals surface area (Å²) in [5, 5.41) is 9.77. The second-order valence-electron chi connectivity index (χ2n) is 5.19. The number of benzene rings is 1. The molecule has 0 spiro atoms. The number of rotatable bonds is 10. The quantitative estimate of drug-likeness (QED) is 0.522. The summed E-state index contributed by atoms with van der Waals surface area (Å²) in [7, 11) is 0. The predicted molar refractivity (Wildman–Crippen MR) is 80.2 cm³/mol. The van der Waals surface area contributed by atoms with Crippen molar-refractivity contribution in [1.29, 1.82) is 0 Å². The maximum absolute atomic E-state index is 11.6. The van der Waals surface area contributed by atoms with Gasteiger partial charge in [-0.15, -0.1) is 0 Å². The van der Waals surface area contributed by atoms with Gasteiger partial charge < -0.3 is 9.84 Å². The lowest BCUT2D eigenvalue weighted by Gasteiger charge is -2.10. The minimum absolute atomic E-state index is 0.235. The standard InChI is InChI=1S/C17H26O3/c1-2-3-4-8-11-16(18)12-13-17(19)20-14-15-9-6-5-7-10-15/h5-7,9-10,16,18H,2-4,8,11-14H2,1H3/t16-/m0/s1. The first-order chi connectivity index (χ1) is 9.72. The zero-order valence-corrected chi connectivity index (χ0v) is 12.4. The summed E-state index contributed by atoms with van der Waals surface area (Å²) in [6.45, 7) is 2.48. The van der Waals surface area contributed by atoms with Crippen molar-refractivity contribution in [3.63, 3.8) is 0 Å². The van der Waals surface area contributed by atoms with Crippen molar-refractivity contribution in [3.05, 3.63) is 35.9 Å². The van der Waals surface area contributed by atoms with Gasteiger partial charge in [0, 0.05) is 6.42 Å². The zero-order valence-electron chi connectivity index (χ0n) is 12.4. The van der Waals surface area contributed by atoms with Crippen LogP contribution < -0.4 is 0 Å². The Hall–Kier alpha value is -1.35. The van der Waals surface area contributed by atoms with Crippen LogP contribution in [0.2, 0.25) is 0 Å². The highest BCUT2D eigenvalue weighted by Gasteiger charge is 2.09. The molecule has 0 unspecified atom stereocenters. The summed E-state index contributed by atoms with van der Waals surface area (Å²) in [6, 6.07) is 9.62. The Labute approximate surface area is 122 Å². The fourth-order valence-electron chi connectivity index (χ4n) is 2.05. The molecule has 0 bridgehead atoms. The lowest BCUT2D eigenvalue weighted by atomic mass is 10.1. The number of carbonyl (C=O) groups excluding carboxylic acids is 1. The molecule has 0 aliphatic carbocycles. The summed E-state index contributed by atoms with van der Waals surface area (Å²) in [6.07, 6.45) is 5.80. The fraction of sp³-hybridized carbons (Fsp3) is 0.588. The second kappa shape index (κ2) is 10.4. The minimum atomic E-state index is -0.379. The number of carbonyl (C=O) groups is 1. The van der Waals surface area contributed by atoms with E-state index in [4.69, 9.17) is 4.74 Å². The molecule has 20 heavy (non-hydrogen) atoms. The van der Waals surface area contributed by atoms with E-state index in [1.54, 1.807) is 0 Å². The van der Waals surface area contributed by atoms with Crippen LogP contribution in [0.4, 0.5) is 0 Å². The molecule has 3 heteroatoms. The molecular formula is C17H26O3. The average Bonchev–Trinajstić information content (AvgIpc) is 2.48. The Balaban J connectivity index is 2.07. The molecule has 0 aromatic heterocycles. The number of ether oxygens (including phenoxy) is 1. The highest BCUT2D eigenvalue weighted by atomic mass is 16.5. The van der Waals surface area contributed by atoms with Gasteiger partial charge in [0.25, 0.3) is 0 Å². The van der Waals surface area contributed by atoms with Gasteiger partial charge in [0.15, 0.2) is 0 Å². The van der Waals surface area contributed by atoms with Crippen molar-refractivity contribution in [2.45, 2.75) is 64.6 Å². The first-order valence-corrected chi connectivity index (χ1v) is 7.60. The Morgan fingerprint density at radius 2 is 1.90 bits per heavy atom. The number of esters is 1. The van der Waals surface area contributed by atoms with Crippen molar-refractivity contribution in [3.8, 4) is 0 Å². The van der Waals surface area contributed by atoms with Gasteiger partial charge in [0.1, 0.15) is 6.61 Å². The van der Waals surface area contributed by atoms with E-state index in [0.717, 1.165) is 24.8 Å². The lowest BCUT2D eigenvalue weighted by Crippen LogP contribution is -2.11. The number of aliphatic hydroxyl groups excluding tert-OH is 1. The molecule has 0 aliphatic rings. The third-order valence-electron chi connectivity index (χ3n) is 3.32. The SMILES string of the molecule is CCCCCC[C@H](O)CCC(=O)OCc1ccccc1. The number of hydrogen-bond donors (Lipinski definition) is 1. The fourth-order valence-corrected chi connectivity index (χ4v) is 2.05. The van der Waals surface area contributed by atoms with Gasteiger partial charge in [0.2, 0.25) is 0 Å². The van der Waals surface area contributed by atoms with E-state index in [-0.39, 0.29) is 12.1 Å². The molecule has 1 N–H and O–H groups in total. The Bertz CT molecular complexity index is 362. The van der Waals surface area contributed by atoms with E-state index in [1.165, 1.54) is 12.8 Å². The van der Waals surface area contributed by atoms with Gasteiger partial charge in [-0.05, 0) is 18.4 Å². The molecule has 0 saturated heterocycles. The van der Waals surface area contributed by atoms with Gasteiger partial charge in [-0.25, -0.2) is 0 Å².